The number of allylic oxidation sites excluding steroid dienone is 6. The first-order valence-corrected chi connectivity index (χ1v) is 6.77. The molecule has 19 heavy (non-hydrogen) atoms. The first kappa shape index (κ1) is 15.3. The third-order valence-corrected chi connectivity index (χ3v) is 3.48. The lowest BCUT2D eigenvalue weighted by molar-refractivity contribution is 0.407. The van der Waals surface area contributed by atoms with E-state index in [0.29, 0.717) is 5.92 Å². The summed E-state index contributed by atoms with van der Waals surface area (Å²) in [5, 5.41) is 0. The summed E-state index contributed by atoms with van der Waals surface area (Å²) in [6.45, 7) is 14.4. The van der Waals surface area contributed by atoms with Crippen LogP contribution in [0.15, 0.2) is 67.4 Å². The minimum Gasteiger partial charge on any atom is -0.365 e. The molecule has 1 aromatic rings. The normalized spacial score (nSPS) is 14.6. The van der Waals surface area contributed by atoms with Crippen molar-refractivity contribution in [2.45, 2.75) is 32.6 Å². The predicted octanol–water partition coefficient (Wildman–Crippen LogP) is 5.17. The zero-order valence-electron chi connectivity index (χ0n) is 12.3. The van der Waals surface area contributed by atoms with Crippen molar-refractivity contribution in [3.8, 4) is 0 Å². The van der Waals surface area contributed by atoms with E-state index in [1.807, 2.05) is 24.4 Å². The molecule has 1 N–H and O–H groups in total. The van der Waals surface area contributed by atoms with E-state index < -0.39 is 0 Å². The summed E-state index contributed by atoms with van der Waals surface area (Å²) in [6.07, 6.45) is 12.9. The van der Waals surface area contributed by atoms with E-state index in [0.717, 1.165) is 6.42 Å². The number of rotatable bonds is 7. The predicted molar refractivity (Wildman–Crippen MR) is 85.2 cm³/mol. The second-order valence-electron chi connectivity index (χ2n) is 5.56. The molecule has 1 heterocycles. The van der Waals surface area contributed by atoms with Crippen LogP contribution < -0.4 is 0 Å². The highest BCUT2D eigenvalue weighted by Gasteiger charge is 2.24. The number of aromatic nitrogens is 1. The highest BCUT2D eigenvalue weighted by Crippen LogP contribution is 2.32. The van der Waals surface area contributed by atoms with Crippen LogP contribution in [0.2, 0.25) is 0 Å². The summed E-state index contributed by atoms with van der Waals surface area (Å²) < 4.78 is 0. The van der Waals surface area contributed by atoms with E-state index >= 15 is 0 Å². The Kier molecular flexibility index (Phi) is 5.62. The van der Waals surface area contributed by atoms with Gasteiger partial charge in [-0.25, -0.2) is 0 Å². The quantitative estimate of drug-likeness (QED) is 0.647. The fourth-order valence-electron chi connectivity index (χ4n) is 2.42. The molecule has 102 valence electrons. The maximum atomic E-state index is 3.92. The molecule has 0 fully saturated rings. The number of H-pyrrole nitrogens is 1. The second-order valence-corrected chi connectivity index (χ2v) is 5.56. The molecule has 1 rings (SSSR count). The molecular formula is C18H25N. The molecule has 1 aromatic heterocycles. The Hall–Kier alpha value is -1.76. The van der Waals surface area contributed by atoms with E-state index in [-0.39, 0.29) is 5.41 Å². The molecule has 0 amide bonds. The minimum atomic E-state index is 0.132. The van der Waals surface area contributed by atoms with Crippen LogP contribution in [-0.2, 0) is 5.41 Å². The van der Waals surface area contributed by atoms with Gasteiger partial charge in [0.2, 0.25) is 0 Å². The van der Waals surface area contributed by atoms with Crippen molar-refractivity contribution in [2.24, 2.45) is 5.92 Å². The average molecular weight is 255 g/mol. The third kappa shape index (κ3) is 4.44. The third-order valence-electron chi connectivity index (χ3n) is 3.48. The van der Waals surface area contributed by atoms with Crippen molar-refractivity contribution < 1.29 is 0 Å². The van der Waals surface area contributed by atoms with Crippen LogP contribution in [0.3, 0.4) is 0 Å². The topological polar surface area (TPSA) is 15.8 Å². The van der Waals surface area contributed by atoms with Crippen LogP contribution >= 0.6 is 0 Å². The van der Waals surface area contributed by atoms with Crippen molar-refractivity contribution in [3.63, 3.8) is 0 Å². The smallest absolute Gasteiger partial charge is 0.0204 e. The first-order valence-electron chi connectivity index (χ1n) is 6.77. The van der Waals surface area contributed by atoms with Gasteiger partial charge in [0.1, 0.15) is 0 Å². The van der Waals surface area contributed by atoms with E-state index in [1.165, 1.54) is 11.3 Å². The van der Waals surface area contributed by atoms with Crippen molar-refractivity contribution in [1.82, 2.24) is 4.98 Å². The van der Waals surface area contributed by atoms with Gasteiger partial charge in [-0.2, -0.15) is 0 Å². The summed E-state index contributed by atoms with van der Waals surface area (Å²) in [4.78, 5) is 3.32. The summed E-state index contributed by atoms with van der Waals surface area (Å²) in [7, 11) is 0. The average Bonchev–Trinajstić information content (AvgIpc) is 2.88. The molecule has 0 bridgehead atoms. The van der Waals surface area contributed by atoms with Gasteiger partial charge in [-0.05, 0) is 30.0 Å². The molecule has 0 aliphatic rings. The number of aromatic amines is 1. The lowest BCUT2D eigenvalue weighted by atomic mass is 9.78. The van der Waals surface area contributed by atoms with Gasteiger partial charge >= 0.3 is 0 Å². The number of hydrogen-bond donors (Lipinski definition) is 1. The van der Waals surface area contributed by atoms with Crippen molar-refractivity contribution in [3.05, 3.63) is 73.1 Å². The van der Waals surface area contributed by atoms with Crippen LogP contribution in [0.25, 0.3) is 0 Å². The summed E-state index contributed by atoms with van der Waals surface area (Å²) in [5.41, 5.74) is 2.68. The number of nitrogens with one attached hydrogen (secondary N) is 1. The molecule has 0 aliphatic carbocycles. The minimum absolute atomic E-state index is 0.132. The van der Waals surface area contributed by atoms with Gasteiger partial charge in [-0.3, -0.25) is 0 Å². The molecular weight excluding hydrogens is 230 g/mol. The molecule has 0 aliphatic heterocycles. The second kappa shape index (κ2) is 6.98. The van der Waals surface area contributed by atoms with E-state index in [2.05, 4.69) is 57.1 Å². The van der Waals surface area contributed by atoms with Crippen LogP contribution in [0.1, 0.15) is 32.9 Å². The van der Waals surface area contributed by atoms with Gasteiger partial charge in [0.25, 0.3) is 0 Å². The van der Waals surface area contributed by atoms with Crippen LogP contribution in [-0.4, -0.2) is 4.98 Å². The van der Waals surface area contributed by atoms with E-state index in [9.17, 15) is 0 Å². The summed E-state index contributed by atoms with van der Waals surface area (Å²) >= 11 is 0. The van der Waals surface area contributed by atoms with Crippen molar-refractivity contribution in [1.29, 1.82) is 0 Å². The molecule has 1 atom stereocenters. The molecule has 1 heteroatoms. The highest BCUT2D eigenvalue weighted by molar-refractivity contribution is 5.27. The fraction of sp³-hybridized carbons (Fsp3) is 0.333. The maximum Gasteiger partial charge on any atom is 0.0204 e. The zero-order chi connectivity index (χ0) is 14.3. The summed E-state index contributed by atoms with van der Waals surface area (Å²) in [6, 6.07) is 4.21. The largest absolute Gasteiger partial charge is 0.365 e. The van der Waals surface area contributed by atoms with E-state index in [4.69, 9.17) is 0 Å². The Balaban J connectivity index is 2.80. The Morgan fingerprint density at radius 2 is 2.11 bits per heavy atom. The van der Waals surface area contributed by atoms with Crippen molar-refractivity contribution >= 4 is 0 Å². The number of hydrogen-bond acceptors (Lipinski definition) is 0. The van der Waals surface area contributed by atoms with Gasteiger partial charge in [-0.1, -0.05) is 64.3 Å². The van der Waals surface area contributed by atoms with Gasteiger partial charge in [0.05, 0.1) is 0 Å². The lowest BCUT2D eigenvalue weighted by Crippen LogP contribution is -2.21. The van der Waals surface area contributed by atoms with Crippen LogP contribution in [0, 0.1) is 5.92 Å². The molecule has 0 radical (unpaired) electrons. The standard InChI is InChI=1S/C18H25N/c1-6-8-9-11-16(7-2)15(3)14-18(4,5)17-12-10-13-19-17/h6-13,15,19H,1-2,14H2,3-5H3/b9-8-,16-11+. The Morgan fingerprint density at radius 1 is 1.37 bits per heavy atom. The highest BCUT2D eigenvalue weighted by atomic mass is 14.7. The van der Waals surface area contributed by atoms with Crippen molar-refractivity contribution in [2.75, 3.05) is 0 Å². The molecule has 0 spiro atoms. The van der Waals surface area contributed by atoms with Gasteiger partial charge < -0.3 is 4.98 Å². The monoisotopic (exact) mass is 255 g/mol. The van der Waals surface area contributed by atoms with Gasteiger partial charge in [0, 0.05) is 17.3 Å². The van der Waals surface area contributed by atoms with Crippen LogP contribution in [0.4, 0.5) is 0 Å². The Bertz CT molecular complexity index is 458. The molecule has 1 unspecified atom stereocenters. The van der Waals surface area contributed by atoms with Crippen LogP contribution in [0.5, 0.6) is 0 Å². The summed E-state index contributed by atoms with van der Waals surface area (Å²) in [5.74, 6) is 0.463. The zero-order valence-corrected chi connectivity index (χ0v) is 12.3. The van der Waals surface area contributed by atoms with E-state index in [1.54, 1.807) is 6.08 Å². The first-order chi connectivity index (χ1) is 9.01. The Morgan fingerprint density at radius 3 is 2.63 bits per heavy atom. The van der Waals surface area contributed by atoms with Gasteiger partial charge in [-0.15, -0.1) is 0 Å². The molecule has 0 saturated heterocycles. The fourth-order valence-corrected chi connectivity index (χ4v) is 2.42. The SMILES string of the molecule is C=C/C=C\C=C(/C=C)C(C)CC(C)(C)c1ccc[nH]1. The molecule has 1 nitrogen and oxygen atoms in total. The molecule has 0 saturated carbocycles. The molecule has 0 aromatic carbocycles. The maximum absolute atomic E-state index is 3.92. The van der Waals surface area contributed by atoms with Gasteiger partial charge in [0.15, 0.2) is 0 Å². The lowest BCUT2D eigenvalue weighted by Gasteiger charge is -2.28. The Labute approximate surface area is 117 Å².